The first-order valence-electron chi connectivity index (χ1n) is 6.71. The van der Waals surface area contributed by atoms with Crippen LogP contribution in [0.25, 0.3) is 11.3 Å². The SMILES string of the molecule is Cc1cccc(C(=O)Nc2nc(-c3ccc(Br)cc3)cs2)c1. The van der Waals surface area contributed by atoms with Crippen molar-refractivity contribution in [2.45, 2.75) is 6.92 Å². The van der Waals surface area contributed by atoms with Crippen LogP contribution in [0.4, 0.5) is 5.13 Å². The lowest BCUT2D eigenvalue weighted by molar-refractivity contribution is 0.102. The maximum absolute atomic E-state index is 12.2. The third-order valence-corrected chi connectivity index (χ3v) is 4.43. The second-order valence-corrected chi connectivity index (χ2v) is 6.64. The minimum absolute atomic E-state index is 0.139. The van der Waals surface area contributed by atoms with Crippen molar-refractivity contribution in [3.8, 4) is 11.3 Å². The van der Waals surface area contributed by atoms with Crippen molar-refractivity contribution in [2.24, 2.45) is 0 Å². The lowest BCUT2D eigenvalue weighted by atomic mass is 10.1. The van der Waals surface area contributed by atoms with E-state index in [-0.39, 0.29) is 5.91 Å². The molecule has 0 bridgehead atoms. The molecule has 0 saturated carbocycles. The summed E-state index contributed by atoms with van der Waals surface area (Å²) >= 11 is 4.83. The molecule has 2 aromatic carbocycles. The summed E-state index contributed by atoms with van der Waals surface area (Å²) in [5.41, 5.74) is 3.58. The number of amides is 1. The van der Waals surface area contributed by atoms with Gasteiger partial charge in [-0.2, -0.15) is 0 Å². The van der Waals surface area contributed by atoms with Gasteiger partial charge in [0, 0.05) is 21.0 Å². The number of benzene rings is 2. The monoisotopic (exact) mass is 372 g/mol. The predicted octanol–water partition coefficient (Wildman–Crippen LogP) is 5.13. The van der Waals surface area contributed by atoms with Crippen LogP contribution in [-0.2, 0) is 0 Å². The highest BCUT2D eigenvalue weighted by Crippen LogP contribution is 2.26. The van der Waals surface area contributed by atoms with E-state index in [2.05, 4.69) is 26.2 Å². The van der Waals surface area contributed by atoms with Crippen molar-refractivity contribution in [3.05, 3.63) is 69.5 Å². The van der Waals surface area contributed by atoms with E-state index in [1.165, 1.54) is 11.3 Å². The van der Waals surface area contributed by atoms with E-state index < -0.39 is 0 Å². The molecule has 1 aromatic heterocycles. The summed E-state index contributed by atoms with van der Waals surface area (Å²) < 4.78 is 1.03. The van der Waals surface area contributed by atoms with Gasteiger partial charge in [0.2, 0.25) is 0 Å². The van der Waals surface area contributed by atoms with Gasteiger partial charge in [0.1, 0.15) is 0 Å². The van der Waals surface area contributed by atoms with Crippen LogP contribution in [0.15, 0.2) is 58.4 Å². The largest absolute Gasteiger partial charge is 0.298 e. The molecular weight excluding hydrogens is 360 g/mol. The number of rotatable bonds is 3. The van der Waals surface area contributed by atoms with Gasteiger partial charge in [-0.15, -0.1) is 11.3 Å². The lowest BCUT2D eigenvalue weighted by Gasteiger charge is -2.02. The standard InChI is InChI=1S/C17H13BrN2OS/c1-11-3-2-4-13(9-11)16(21)20-17-19-15(10-22-17)12-5-7-14(18)8-6-12/h2-10H,1H3,(H,19,20,21). The maximum atomic E-state index is 12.2. The van der Waals surface area contributed by atoms with Gasteiger partial charge in [-0.25, -0.2) is 4.98 Å². The van der Waals surface area contributed by atoms with Crippen LogP contribution in [0.2, 0.25) is 0 Å². The molecule has 0 radical (unpaired) electrons. The summed E-state index contributed by atoms with van der Waals surface area (Å²) in [6.07, 6.45) is 0. The third kappa shape index (κ3) is 3.43. The van der Waals surface area contributed by atoms with E-state index in [1.807, 2.05) is 54.8 Å². The van der Waals surface area contributed by atoms with Crippen LogP contribution in [0.5, 0.6) is 0 Å². The zero-order valence-corrected chi connectivity index (χ0v) is 14.2. The number of nitrogens with one attached hydrogen (secondary N) is 1. The quantitative estimate of drug-likeness (QED) is 0.691. The number of halogens is 1. The Morgan fingerprint density at radius 2 is 1.95 bits per heavy atom. The summed E-state index contributed by atoms with van der Waals surface area (Å²) in [6, 6.07) is 15.4. The highest BCUT2D eigenvalue weighted by molar-refractivity contribution is 9.10. The third-order valence-electron chi connectivity index (χ3n) is 3.14. The van der Waals surface area contributed by atoms with E-state index in [0.29, 0.717) is 10.7 Å². The molecule has 3 aromatic rings. The Balaban J connectivity index is 1.77. The molecule has 3 nitrogen and oxygen atoms in total. The molecule has 0 aliphatic carbocycles. The number of hydrogen-bond acceptors (Lipinski definition) is 3. The average molecular weight is 373 g/mol. The first-order chi connectivity index (χ1) is 10.6. The molecule has 0 spiro atoms. The molecule has 1 N–H and O–H groups in total. The number of carbonyl (C=O) groups is 1. The van der Waals surface area contributed by atoms with E-state index in [1.54, 1.807) is 6.07 Å². The van der Waals surface area contributed by atoms with Crippen molar-refractivity contribution in [3.63, 3.8) is 0 Å². The molecular formula is C17H13BrN2OS. The second kappa shape index (κ2) is 6.42. The molecule has 0 saturated heterocycles. The van der Waals surface area contributed by atoms with E-state index in [4.69, 9.17) is 0 Å². The highest BCUT2D eigenvalue weighted by atomic mass is 79.9. The lowest BCUT2D eigenvalue weighted by Crippen LogP contribution is -2.11. The molecule has 0 unspecified atom stereocenters. The molecule has 3 rings (SSSR count). The van der Waals surface area contributed by atoms with Crippen LogP contribution in [0.1, 0.15) is 15.9 Å². The van der Waals surface area contributed by atoms with Gasteiger partial charge in [-0.3, -0.25) is 10.1 Å². The van der Waals surface area contributed by atoms with Crippen LogP contribution in [0, 0.1) is 6.92 Å². The molecule has 0 fully saturated rings. The molecule has 1 heterocycles. The molecule has 1 amide bonds. The first kappa shape index (κ1) is 14.9. The van der Waals surface area contributed by atoms with Gasteiger partial charge in [-0.1, -0.05) is 45.8 Å². The average Bonchev–Trinajstić information content (AvgIpc) is 2.96. The summed E-state index contributed by atoms with van der Waals surface area (Å²) in [5.74, 6) is -0.139. The molecule has 110 valence electrons. The summed E-state index contributed by atoms with van der Waals surface area (Å²) in [7, 11) is 0. The number of nitrogens with zero attached hydrogens (tertiary/aromatic N) is 1. The predicted molar refractivity (Wildman–Crippen MR) is 94.4 cm³/mol. The van der Waals surface area contributed by atoms with Gasteiger partial charge >= 0.3 is 0 Å². The van der Waals surface area contributed by atoms with Crippen LogP contribution < -0.4 is 5.32 Å². The van der Waals surface area contributed by atoms with Crippen LogP contribution >= 0.6 is 27.3 Å². The summed E-state index contributed by atoms with van der Waals surface area (Å²) in [4.78, 5) is 16.7. The van der Waals surface area contributed by atoms with Gasteiger partial charge in [0.05, 0.1) is 5.69 Å². The van der Waals surface area contributed by atoms with Crippen molar-refractivity contribution in [2.75, 3.05) is 5.32 Å². The first-order valence-corrected chi connectivity index (χ1v) is 8.38. The number of aryl methyl sites for hydroxylation is 1. The minimum Gasteiger partial charge on any atom is -0.298 e. The Labute approximate surface area is 141 Å². The minimum atomic E-state index is -0.139. The van der Waals surface area contributed by atoms with Gasteiger partial charge < -0.3 is 0 Å². The zero-order valence-electron chi connectivity index (χ0n) is 11.8. The van der Waals surface area contributed by atoms with E-state index in [9.17, 15) is 4.79 Å². The van der Waals surface area contributed by atoms with E-state index >= 15 is 0 Å². The van der Waals surface area contributed by atoms with Crippen molar-refractivity contribution < 1.29 is 4.79 Å². The summed E-state index contributed by atoms with van der Waals surface area (Å²) in [5, 5.41) is 5.39. The number of carbonyl (C=O) groups excluding carboxylic acids is 1. The zero-order chi connectivity index (χ0) is 15.5. The number of thiazole rings is 1. The fraction of sp³-hybridized carbons (Fsp3) is 0.0588. The normalized spacial score (nSPS) is 10.5. The number of anilines is 1. The van der Waals surface area contributed by atoms with Crippen molar-refractivity contribution in [1.82, 2.24) is 4.98 Å². The van der Waals surface area contributed by atoms with Gasteiger partial charge in [0.25, 0.3) is 5.91 Å². The Bertz CT molecular complexity index is 812. The highest BCUT2D eigenvalue weighted by Gasteiger charge is 2.10. The van der Waals surface area contributed by atoms with Crippen LogP contribution in [-0.4, -0.2) is 10.9 Å². The Morgan fingerprint density at radius 1 is 1.18 bits per heavy atom. The van der Waals surface area contributed by atoms with Crippen molar-refractivity contribution >= 4 is 38.3 Å². The van der Waals surface area contributed by atoms with Crippen LogP contribution in [0.3, 0.4) is 0 Å². The topological polar surface area (TPSA) is 42.0 Å². The molecule has 5 heteroatoms. The van der Waals surface area contributed by atoms with Crippen molar-refractivity contribution in [1.29, 1.82) is 0 Å². The second-order valence-electron chi connectivity index (χ2n) is 4.87. The number of hydrogen-bond donors (Lipinski definition) is 1. The fourth-order valence-corrected chi connectivity index (χ4v) is 3.02. The fourth-order valence-electron chi connectivity index (χ4n) is 2.04. The molecule has 0 atom stereocenters. The van der Waals surface area contributed by atoms with Gasteiger partial charge in [-0.05, 0) is 31.2 Å². The molecule has 22 heavy (non-hydrogen) atoms. The summed E-state index contributed by atoms with van der Waals surface area (Å²) in [6.45, 7) is 1.96. The molecule has 0 aliphatic heterocycles. The Morgan fingerprint density at radius 3 is 2.68 bits per heavy atom. The maximum Gasteiger partial charge on any atom is 0.257 e. The van der Waals surface area contributed by atoms with Gasteiger partial charge in [0.15, 0.2) is 5.13 Å². The Kier molecular flexibility index (Phi) is 4.36. The number of aromatic nitrogens is 1. The molecule has 0 aliphatic rings. The van der Waals surface area contributed by atoms with E-state index in [0.717, 1.165) is 21.3 Å². The Hall–Kier alpha value is -1.98. The smallest absolute Gasteiger partial charge is 0.257 e.